The molecule has 1 saturated carbocycles. The number of hydrogen-bond donors (Lipinski definition) is 2. The fraction of sp³-hybridized carbons (Fsp3) is 0.517. The van der Waals surface area contributed by atoms with Crippen molar-refractivity contribution in [1.82, 2.24) is 5.32 Å². The van der Waals surface area contributed by atoms with Crippen LogP contribution in [0.2, 0.25) is 0 Å². The van der Waals surface area contributed by atoms with Gasteiger partial charge in [0.15, 0.2) is 6.10 Å². The molecule has 0 radical (unpaired) electrons. The van der Waals surface area contributed by atoms with E-state index in [0.29, 0.717) is 5.56 Å². The fourth-order valence-corrected chi connectivity index (χ4v) is 4.44. The van der Waals surface area contributed by atoms with Crippen molar-refractivity contribution in [3.05, 3.63) is 58.7 Å². The molecular formula is C29H39NO6. The zero-order valence-electron chi connectivity index (χ0n) is 22.0. The first kappa shape index (κ1) is 27.5. The number of rotatable bonds is 12. The minimum atomic E-state index is -0.995. The summed E-state index contributed by atoms with van der Waals surface area (Å²) in [6.07, 6.45) is 3.64. The minimum absolute atomic E-state index is 0.0568. The number of carboxylic acids is 1. The van der Waals surface area contributed by atoms with Crippen molar-refractivity contribution < 1.29 is 28.9 Å². The van der Waals surface area contributed by atoms with Crippen LogP contribution < -0.4 is 14.8 Å². The summed E-state index contributed by atoms with van der Waals surface area (Å²) in [7, 11) is 0. The molecule has 0 aliphatic heterocycles. The average Bonchev–Trinajstić information content (AvgIpc) is 3.31. The number of carbonyl (C=O) groups excluding carboxylic acids is 1. The van der Waals surface area contributed by atoms with Gasteiger partial charge in [0.25, 0.3) is 5.91 Å². The van der Waals surface area contributed by atoms with Crippen molar-refractivity contribution in [3.8, 4) is 11.5 Å². The van der Waals surface area contributed by atoms with Crippen LogP contribution in [0.1, 0.15) is 80.4 Å². The molecular weight excluding hydrogens is 458 g/mol. The number of benzene rings is 2. The van der Waals surface area contributed by atoms with Crippen molar-refractivity contribution in [2.24, 2.45) is 0 Å². The van der Waals surface area contributed by atoms with E-state index in [1.165, 1.54) is 0 Å². The highest BCUT2D eigenvalue weighted by Crippen LogP contribution is 2.28. The molecule has 0 bridgehead atoms. The summed E-state index contributed by atoms with van der Waals surface area (Å²) in [5.41, 5.74) is 3.05. The molecule has 2 N–H and O–H groups in total. The van der Waals surface area contributed by atoms with Crippen LogP contribution in [-0.2, 0) is 22.5 Å². The van der Waals surface area contributed by atoms with Crippen molar-refractivity contribution >= 4 is 11.9 Å². The van der Waals surface area contributed by atoms with Gasteiger partial charge in [-0.25, -0.2) is 4.79 Å². The molecule has 1 aliphatic carbocycles. The molecule has 7 heteroatoms. The third-order valence-electron chi connectivity index (χ3n) is 6.11. The standard InChI is InChI=1S/C29H39NO6/c1-18(2)34-24-11-12-25(20(5)14-24)28(31)30-17-22-15-21(16-27(29(32)33)35-19(3)4)10-13-26(22)36-23-8-6-7-9-23/h10-15,18-19,23,27H,6-9,16-17H2,1-5H3,(H,30,31)(H,32,33). The molecule has 196 valence electrons. The Hall–Kier alpha value is -3.06. The first-order valence-electron chi connectivity index (χ1n) is 12.8. The van der Waals surface area contributed by atoms with Crippen molar-refractivity contribution in [2.75, 3.05) is 0 Å². The second kappa shape index (κ2) is 12.8. The smallest absolute Gasteiger partial charge is 0.333 e. The van der Waals surface area contributed by atoms with Crippen LogP contribution in [-0.4, -0.2) is 41.4 Å². The van der Waals surface area contributed by atoms with Crippen molar-refractivity contribution in [2.45, 2.75) is 97.7 Å². The van der Waals surface area contributed by atoms with Crippen molar-refractivity contribution in [1.29, 1.82) is 0 Å². The molecule has 1 aliphatic rings. The second-order valence-electron chi connectivity index (χ2n) is 10.0. The maximum Gasteiger partial charge on any atom is 0.333 e. The Bertz CT molecular complexity index is 1040. The van der Waals surface area contributed by atoms with Crippen LogP contribution >= 0.6 is 0 Å². The van der Waals surface area contributed by atoms with E-state index < -0.39 is 12.1 Å². The summed E-state index contributed by atoms with van der Waals surface area (Å²) in [4.78, 5) is 24.7. The van der Waals surface area contributed by atoms with Gasteiger partial charge in [0.2, 0.25) is 0 Å². The number of aryl methyl sites for hydroxylation is 1. The third-order valence-corrected chi connectivity index (χ3v) is 6.11. The Morgan fingerprint density at radius 1 is 1.03 bits per heavy atom. The van der Waals surface area contributed by atoms with Gasteiger partial charge in [-0.15, -0.1) is 0 Å². The largest absolute Gasteiger partial charge is 0.491 e. The molecule has 0 aromatic heterocycles. The van der Waals surface area contributed by atoms with E-state index in [9.17, 15) is 14.7 Å². The number of carboxylic acid groups (broad SMARTS) is 1. The maximum absolute atomic E-state index is 13.0. The zero-order chi connectivity index (χ0) is 26.2. The van der Waals surface area contributed by atoms with E-state index in [1.54, 1.807) is 12.1 Å². The van der Waals surface area contributed by atoms with Crippen molar-refractivity contribution in [3.63, 3.8) is 0 Å². The Morgan fingerprint density at radius 2 is 1.75 bits per heavy atom. The normalized spacial score (nSPS) is 14.8. The van der Waals surface area contributed by atoms with Gasteiger partial charge in [-0.1, -0.05) is 12.1 Å². The topological polar surface area (TPSA) is 94.1 Å². The Kier molecular flexibility index (Phi) is 9.76. The van der Waals surface area contributed by atoms with Gasteiger partial charge in [0, 0.05) is 24.1 Å². The molecule has 36 heavy (non-hydrogen) atoms. The van der Waals surface area contributed by atoms with Crippen LogP contribution in [0.5, 0.6) is 11.5 Å². The molecule has 1 amide bonds. The molecule has 3 rings (SSSR count). The van der Waals surface area contributed by atoms with Crippen LogP contribution in [0.3, 0.4) is 0 Å². The Balaban J connectivity index is 1.77. The van der Waals surface area contributed by atoms with Crippen LogP contribution in [0.15, 0.2) is 36.4 Å². The lowest BCUT2D eigenvalue weighted by molar-refractivity contribution is -0.153. The van der Waals surface area contributed by atoms with E-state index in [4.69, 9.17) is 14.2 Å². The van der Waals surface area contributed by atoms with Gasteiger partial charge >= 0.3 is 5.97 Å². The molecule has 0 heterocycles. The number of ether oxygens (including phenoxy) is 3. The fourth-order valence-electron chi connectivity index (χ4n) is 4.44. The lowest BCUT2D eigenvalue weighted by Crippen LogP contribution is -2.29. The summed E-state index contributed by atoms with van der Waals surface area (Å²) in [5, 5.41) is 12.6. The summed E-state index contributed by atoms with van der Waals surface area (Å²) < 4.78 is 17.6. The van der Waals surface area contributed by atoms with Gasteiger partial charge in [-0.2, -0.15) is 0 Å². The summed E-state index contributed by atoms with van der Waals surface area (Å²) in [6.45, 7) is 9.71. The Labute approximate surface area is 214 Å². The zero-order valence-corrected chi connectivity index (χ0v) is 22.0. The minimum Gasteiger partial charge on any atom is -0.491 e. The molecule has 2 aromatic rings. The van der Waals surface area contributed by atoms with Crippen LogP contribution in [0, 0.1) is 6.92 Å². The number of amides is 1. The predicted molar refractivity (Wildman–Crippen MR) is 139 cm³/mol. The lowest BCUT2D eigenvalue weighted by atomic mass is 10.0. The third kappa shape index (κ3) is 7.98. The van der Waals surface area contributed by atoms with Gasteiger partial charge < -0.3 is 24.6 Å². The SMILES string of the molecule is Cc1cc(OC(C)C)ccc1C(=O)NCc1cc(CC(OC(C)C)C(=O)O)ccc1OC1CCCC1. The highest BCUT2D eigenvalue weighted by Gasteiger charge is 2.22. The van der Waals surface area contributed by atoms with Gasteiger partial charge in [0.05, 0.1) is 18.3 Å². The number of nitrogens with one attached hydrogen (secondary N) is 1. The summed E-state index contributed by atoms with van der Waals surface area (Å²) >= 11 is 0. The second-order valence-corrected chi connectivity index (χ2v) is 10.0. The highest BCUT2D eigenvalue weighted by molar-refractivity contribution is 5.95. The molecule has 7 nitrogen and oxygen atoms in total. The maximum atomic E-state index is 13.0. The molecule has 1 atom stereocenters. The number of aliphatic carboxylic acids is 1. The van der Waals surface area contributed by atoms with Gasteiger partial charge in [-0.3, -0.25) is 4.79 Å². The number of carbonyl (C=O) groups is 2. The van der Waals surface area contributed by atoms with E-state index in [1.807, 2.05) is 58.9 Å². The van der Waals surface area contributed by atoms with E-state index >= 15 is 0 Å². The molecule has 0 saturated heterocycles. The molecule has 1 fully saturated rings. The molecule has 0 spiro atoms. The monoisotopic (exact) mass is 497 g/mol. The number of hydrogen-bond acceptors (Lipinski definition) is 5. The summed E-state index contributed by atoms with van der Waals surface area (Å²) in [5.74, 6) is 0.271. The Morgan fingerprint density at radius 3 is 2.36 bits per heavy atom. The molecule has 1 unspecified atom stereocenters. The lowest BCUT2D eigenvalue weighted by Gasteiger charge is -2.20. The van der Waals surface area contributed by atoms with Gasteiger partial charge in [0.1, 0.15) is 11.5 Å². The van der Waals surface area contributed by atoms with E-state index in [0.717, 1.165) is 53.9 Å². The van der Waals surface area contributed by atoms with Crippen LogP contribution in [0.4, 0.5) is 0 Å². The van der Waals surface area contributed by atoms with E-state index in [2.05, 4.69) is 5.32 Å². The van der Waals surface area contributed by atoms with Gasteiger partial charge in [-0.05, 0) is 95.7 Å². The highest BCUT2D eigenvalue weighted by atomic mass is 16.5. The first-order valence-corrected chi connectivity index (χ1v) is 12.8. The quantitative estimate of drug-likeness (QED) is 0.405. The summed E-state index contributed by atoms with van der Waals surface area (Å²) in [6, 6.07) is 11.1. The van der Waals surface area contributed by atoms with Crippen LogP contribution in [0.25, 0.3) is 0 Å². The molecule has 2 aromatic carbocycles. The van der Waals surface area contributed by atoms with E-state index in [-0.39, 0.29) is 37.2 Å². The predicted octanol–water partition coefficient (Wildman–Crippen LogP) is 5.45. The first-order chi connectivity index (χ1) is 17.1. The average molecular weight is 498 g/mol.